The Morgan fingerprint density at radius 3 is 2.65 bits per heavy atom. The summed E-state index contributed by atoms with van der Waals surface area (Å²) in [6.07, 6.45) is 3.44. The summed E-state index contributed by atoms with van der Waals surface area (Å²) in [5.41, 5.74) is 3.39. The first-order valence-corrected chi connectivity index (χ1v) is 11.0. The van der Waals surface area contributed by atoms with E-state index in [9.17, 15) is 4.79 Å². The molecule has 1 unspecified atom stereocenters. The number of rotatable bonds is 6. The zero-order valence-electron chi connectivity index (χ0n) is 17.8. The second-order valence-electron chi connectivity index (χ2n) is 8.44. The van der Waals surface area contributed by atoms with E-state index in [1.165, 1.54) is 18.4 Å². The number of amides is 1. The van der Waals surface area contributed by atoms with Gasteiger partial charge in [-0.3, -0.25) is 14.8 Å². The monoisotopic (exact) mass is 416 g/mol. The maximum absolute atomic E-state index is 13.5. The first-order valence-electron chi connectivity index (χ1n) is 11.0. The molecular weight excluding hydrogens is 388 g/mol. The highest BCUT2D eigenvalue weighted by atomic mass is 16.5. The average molecular weight is 417 g/mol. The molecule has 1 amide bonds. The van der Waals surface area contributed by atoms with Crippen molar-refractivity contribution in [3.8, 4) is 17.0 Å². The third-order valence-electron chi connectivity index (χ3n) is 6.34. The SMILES string of the molecule is COc1ccccc1-c1cc(C(=O)N2CCN(C3CC3)CC2Cc2ccccc2)[nH]n1. The van der Waals surface area contributed by atoms with E-state index < -0.39 is 0 Å². The summed E-state index contributed by atoms with van der Waals surface area (Å²) in [4.78, 5) is 18.1. The van der Waals surface area contributed by atoms with Crippen LogP contribution in [0.1, 0.15) is 28.9 Å². The van der Waals surface area contributed by atoms with Crippen molar-refractivity contribution in [1.82, 2.24) is 20.0 Å². The Kier molecular flexibility index (Phi) is 5.47. The number of nitrogens with one attached hydrogen (secondary N) is 1. The smallest absolute Gasteiger partial charge is 0.272 e. The molecule has 1 aliphatic heterocycles. The van der Waals surface area contributed by atoms with Crippen molar-refractivity contribution in [2.45, 2.75) is 31.3 Å². The number of hydrogen-bond acceptors (Lipinski definition) is 4. The number of piperazine rings is 1. The Hall–Kier alpha value is -3.12. The molecule has 2 aliphatic rings. The number of hydrogen-bond donors (Lipinski definition) is 1. The van der Waals surface area contributed by atoms with E-state index in [2.05, 4.69) is 39.4 Å². The Labute approximate surface area is 182 Å². The van der Waals surface area contributed by atoms with Crippen molar-refractivity contribution in [1.29, 1.82) is 0 Å². The molecule has 3 aromatic rings. The highest BCUT2D eigenvalue weighted by Gasteiger charge is 2.37. The number of para-hydroxylation sites is 1. The Morgan fingerprint density at radius 1 is 1.10 bits per heavy atom. The van der Waals surface area contributed by atoms with Crippen molar-refractivity contribution in [3.63, 3.8) is 0 Å². The van der Waals surface area contributed by atoms with Gasteiger partial charge in [0.15, 0.2) is 0 Å². The fourth-order valence-corrected chi connectivity index (χ4v) is 4.56. The molecule has 31 heavy (non-hydrogen) atoms. The number of carbonyl (C=O) groups is 1. The number of ether oxygens (including phenoxy) is 1. The van der Waals surface area contributed by atoms with Crippen molar-refractivity contribution >= 4 is 5.91 Å². The molecule has 1 atom stereocenters. The van der Waals surface area contributed by atoms with Gasteiger partial charge in [0.1, 0.15) is 11.4 Å². The Bertz CT molecular complexity index is 1040. The van der Waals surface area contributed by atoms with E-state index in [0.717, 1.165) is 43.1 Å². The topological polar surface area (TPSA) is 61.5 Å². The number of benzene rings is 2. The number of methoxy groups -OCH3 is 1. The lowest BCUT2D eigenvalue weighted by Gasteiger charge is -2.41. The van der Waals surface area contributed by atoms with Gasteiger partial charge in [0.2, 0.25) is 0 Å². The molecule has 5 rings (SSSR count). The third-order valence-corrected chi connectivity index (χ3v) is 6.34. The lowest BCUT2D eigenvalue weighted by molar-refractivity contribution is 0.0432. The van der Waals surface area contributed by atoms with Crippen LogP contribution in [0.2, 0.25) is 0 Å². The van der Waals surface area contributed by atoms with Crippen molar-refractivity contribution in [3.05, 3.63) is 71.9 Å². The van der Waals surface area contributed by atoms with Crippen LogP contribution in [0.4, 0.5) is 0 Å². The summed E-state index contributed by atoms with van der Waals surface area (Å²) in [5.74, 6) is 0.762. The number of nitrogens with zero attached hydrogens (tertiary/aromatic N) is 3. The van der Waals surface area contributed by atoms with Crippen molar-refractivity contribution in [2.75, 3.05) is 26.7 Å². The number of aromatic amines is 1. The molecular formula is C25H28N4O2. The standard InChI is InChI=1S/C25H28N4O2/c1-31-24-10-6-5-9-21(24)22-16-23(27-26-22)25(30)29-14-13-28(19-11-12-19)17-20(29)15-18-7-3-2-4-8-18/h2-10,16,19-20H,11-15,17H2,1H3,(H,26,27). The number of carbonyl (C=O) groups excluding carboxylic acids is 1. The molecule has 2 aromatic carbocycles. The summed E-state index contributed by atoms with van der Waals surface area (Å²) in [5, 5.41) is 7.38. The van der Waals surface area contributed by atoms with Gasteiger partial charge in [0.25, 0.3) is 5.91 Å². The van der Waals surface area contributed by atoms with E-state index in [-0.39, 0.29) is 11.9 Å². The minimum absolute atomic E-state index is 0.0185. The van der Waals surface area contributed by atoms with E-state index in [4.69, 9.17) is 4.74 Å². The van der Waals surface area contributed by atoms with Gasteiger partial charge in [-0.2, -0.15) is 5.10 Å². The van der Waals surface area contributed by atoms with E-state index in [0.29, 0.717) is 11.7 Å². The second-order valence-corrected chi connectivity index (χ2v) is 8.44. The molecule has 2 heterocycles. The molecule has 1 saturated heterocycles. The zero-order chi connectivity index (χ0) is 21.2. The van der Waals surface area contributed by atoms with Gasteiger partial charge >= 0.3 is 0 Å². The number of aromatic nitrogens is 2. The lowest BCUT2D eigenvalue weighted by Crippen LogP contribution is -2.56. The van der Waals surface area contributed by atoms with Crippen LogP contribution in [-0.2, 0) is 6.42 Å². The molecule has 6 heteroatoms. The van der Waals surface area contributed by atoms with Crippen LogP contribution in [0.25, 0.3) is 11.3 Å². The van der Waals surface area contributed by atoms with Gasteiger partial charge in [-0.25, -0.2) is 0 Å². The van der Waals surface area contributed by atoms with Gasteiger partial charge in [-0.1, -0.05) is 42.5 Å². The van der Waals surface area contributed by atoms with Gasteiger partial charge in [-0.15, -0.1) is 0 Å². The van der Waals surface area contributed by atoms with Crippen LogP contribution in [0.3, 0.4) is 0 Å². The molecule has 6 nitrogen and oxygen atoms in total. The first-order chi connectivity index (χ1) is 15.2. The summed E-state index contributed by atoms with van der Waals surface area (Å²) >= 11 is 0. The molecule has 2 fully saturated rings. The predicted octanol–water partition coefficient (Wildman–Crippen LogP) is 3.62. The average Bonchev–Trinajstić information content (AvgIpc) is 3.55. The van der Waals surface area contributed by atoms with Crippen LogP contribution in [0.15, 0.2) is 60.7 Å². The minimum Gasteiger partial charge on any atom is -0.496 e. The molecule has 0 radical (unpaired) electrons. The van der Waals surface area contributed by atoms with Gasteiger partial charge < -0.3 is 9.64 Å². The molecule has 160 valence electrons. The van der Waals surface area contributed by atoms with Crippen molar-refractivity contribution < 1.29 is 9.53 Å². The molecule has 1 aliphatic carbocycles. The third kappa shape index (κ3) is 4.21. The van der Waals surface area contributed by atoms with Gasteiger partial charge in [0.05, 0.1) is 12.8 Å². The van der Waals surface area contributed by atoms with Crippen LogP contribution in [0, 0.1) is 0 Å². The predicted molar refractivity (Wildman–Crippen MR) is 120 cm³/mol. The molecule has 0 bridgehead atoms. The molecule has 1 aromatic heterocycles. The van der Waals surface area contributed by atoms with Crippen LogP contribution >= 0.6 is 0 Å². The number of H-pyrrole nitrogens is 1. The fourth-order valence-electron chi connectivity index (χ4n) is 4.56. The quantitative estimate of drug-likeness (QED) is 0.667. The van der Waals surface area contributed by atoms with Gasteiger partial charge in [0, 0.05) is 37.3 Å². The van der Waals surface area contributed by atoms with Crippen molar-refractivity contribution in [2.24, 2.45) is 0 Å². The lowest BCUT2D eigenvalue weighted by atomic mass is 10.0. The second kappa shape index (κ2) is 8.55. The van der Waals surface area contributed by atoms with Crippen LogP contribution in [-0.4, -0.2) is 64.7 Å². The van der Waals surface area contributed by atoms with Crippen LogP contribution in [0.5, 0.6) is 5.75 Å². The summed E-state index contributed by atoms with van der Waals surface area (Å²) in [6, 6.07) is 20.9. The minimum atomic E-state index is 0.0185. The summed E-state index contributed by atoms with van der Waals surface area (Å²) < 4.78 is 5.45. The van der Waals surface area contributed by atoms with E-state index in [1.807, 2.05) is 41.3 Å². The largest absolute Gasteiger partial charge is 0.496 e. The maximum Gasteiger partial charge on any atom is 0.272 e. The molecule has 0 spiro atoms. The molecule has 1 saturated carbocycles. The maximum atomic E-state index is 13.5. The normalized spacial score (nSPS) is 19.4. The summed E-state index contributed by atoms with van der Waals surface area (Å²) in [6.45, 7) is 2.61. The highest BCUT2D eigenvalue weighted by molar-refractivity contribution is 5.94. The highest BCUT2D eigenvalue weighted by Crippen LogP contribution is 2.31. The van der Waals surface area contributed by atoms with E-state index in [1.54, 1.807) is 7.11 Å². The van der Waals surface area contributed by atoms with Crippen LogP contribution < -0.4 is 4.74 Å². The molecule has 1 N–H and O–H groups in total. The zero-order valence-corrected chi connectivity index (χ0v) is 17.8. The Balaban J connectivity index is 1.38. The fraction of sp³-hybridized carbons (Fsp3) is 0.360. The van der Waals surface area contributed by atoms with Gasteiger partial charge in [-0.05, 0) is 43.0 Å². The van der Waals surface area contributed by atoms with E-state index >= 15 is 0 Å². The first kappa shape index (κ1) is 19.8. The Morgan fingerprint density at radius 2 is 1.87 bits per heavy atom. The summed E-state index contributed by atoms with van der Waals surface area (Å²) in [7, 11) is 1.64.